The lowest BCUT2D eigenvalue weighted by Gasteiger charge is -2.23. The Labute approximate surface area is 87.0 Å². The van der Waals surface area contributed by atoms with Crippen molar-refractivity contribution in [3.8, 4) is 0 Å². The molecule has 0 aliphatic carbocycles. The summed E-state index contributed by atoms with van der Waals surface area (Å²) in [5.74, 6) is 1.12. The van der Waals surface area contributed by atoms with Crippen molar-refractivity contribution < 1.29 is 4.74 Å². The molecule has 2 heteroatoms. The van der Waals surface area contributed by atoms with Crippen molar-refractivity contribution in [2.45, 2.75) is 38.6 Å². The monoisotopic (exact) mass is 195 g/mol. The summed E-state index contributed by atoms with van der Waals surface area (Å²) in [5.41, 5.74) is 0. The molecule has 14 heavy (non-hydrogen) atoms. The van der Waals surface area contributed by atoms with E-state index in [9.17, 15) is 0 Å². The summed E-state index contributed by atoms with van der Waals surface area (Å²) in [4.78, 5) is 0. The third-order valence-electron chi connectivity index (χ3n) is 2.35. The first kappa shape index (κ1) is 11.3. The van der Waals surface area contributed by atoms with Gasteiger partial charge in [-0.05, 0) is 38.3 Å². The van der Waals surface area contributed by atoms with Gasteiger partial charge in [-0.25, -0.2) is 0 Å². The molecule has 0 saturated heterocycles. The van der Waals surface area contributed by atoms with Crippen LogP contribution in [0.1, 0.15) is 32.6 Å². The molecule has 1 atom stereocenters. The van der Waals surface area contributed by atoms with Crippen molar-refractivity contribution in [1.82, 2.24) is 5.32 Å². The van der Waals surface area contributed by atoms with Crippen molar-refractivity contribution in [1.29, 1.82) is 0 Å². The lowest BCUT2D eigenvalue weighted by atomic mass is 10.1. The third kappa shape index (κ3) is 3.54. The number of ether oxygens (including phenoxy) is 1. The summed E-state index contributed by atoms with van der Waals surface area (Å²) < 4.78 is 5.64. The number of hydrogen-bond acceptors (Lipinski definition) is 2. The second kappa shape index (κ2) is 6.66. The maximum absolute atomic E-state index is 5.64. The van der Waals surface area contributed by atoms with E-state index >= 15 is 0 Å². The van der Waals surface area contributed by atoms with Gasteiger partial charge in [-0.15, -0.1) is 6.58 Å². The zero-order chi connectivity index (χ0) is 10.2. The van der Waals surface area contributed by atoms with Crippen molar-refractivity contribution in [2.24, 2.45) is 0 Å². The number of allylic oxidation sites excluding steroid dienone is 1. The lowest BCUT2D eigenvalue weighted by molar-refractivity contribution is 0.167. The zero-order valence-electron chi connectivity index (χ0n) is 9.09. The van der Waals surface area contributed by atoms with Crippen LogP contribution in [0.2, 0.25) is 0 Å². The van der Waals surface area contributed by atoms with Gasteiger partial charge in [0, 0.05) is 0 Å². The first-order valence-corrected chi connectivity index (χ1v) is 5.55. The van der Waals surface area contributed by atoms with E-state index in [0.29, 0.717) is 6.04 Å². The second-order valence-electron chi connectivity index (χ2n) is 3.63. The minimum absolute atomic E-state index is 0.341. The fourth-order valence-electron chi connectivity index (χ4n) is 1.60. The Kier molecular flexibility index (Phi) is 5.38. The van der Waals surface area contributed by atoms with Crippen LogP contribution < -0.4 is 5.32 Å². The van der Waals surface area contributed by atoms with Crippen LogP contribution >= 0.6 is 0 Å². The highest BCUT2D eigenvalue weighted by atomic mass is 16.5. The normalized spacial score (nSPS) is 18.2. The minimum Gasteiger partial charge on any atom is -0.497 e. The van der Waals surface area contributed by atoms with Crippen LogP contribution in [0, 0.1) is 0 Å². The number of nitrogens with one attached hydrogen (secondary N) is 1. The van der Waals surface area contributed by atoms with Gasteiger partial charge in [0.05, 0.1) is 12.6 Å². The molecule has 0 radical (unpaired) electrons. The van der Waals surface area contributed by atoms with Crippen LogP contribution in [0.4, 0.5) is 0 Å². The van der Waals surface area contributed by atoms with Gasteiger partial charge < -0.3 is 10.1 Å². The fourth-order valence-corrected chi connectivity index (χ4v) is 1.60. The molecular weight excluding hydrogens is 174 g/mol. The number of hydrogen-bond donors (Lipinski definition) is 1. The molecule has 1 aliphatic heterocycles. The summed E-state index contributed by atoms with van der Waals surface area (Å²) in [6, 6.07) is 0.341. The van der Waals surface area contributed by atoms with Crippen molar-refractivity contribution in [3.05, 3.63) is 24.5 Å². The Balaban J connectivity index is 2.46. The van der Waals surface area contributed by atoms with E-state index in [1.54, 1.807) is 0 Å². The smallest absolute Gasteiger partial charge is 0.109 e. The maximum Gasteiger partial charge on any atom is 0.109 e. The Bertz CT molecular complexity index is 198. The summed E-state index contributed by atoms with van der Waals surface area (Å²) in [6.07, 6.45) is 8.56. The molecule has 0 aromatic rings. The first-order chi connectivity index (χ1) is 6.88. The molecule has 0 spiro atoms. The quantitative estimate of drug-likeness (QED) is 0.658. The Morgan fingerprint density at radius 2 is 2.57 bits per heavy atom. The third-order valence-corrected chi connectivity index (χ3v) is 2.35. The van der Waals surface area contributed by atoms with E-state index in [0.717, 1.165) is 44.6 Å². The standard InChI is InChI=1S/C12H21NO/c1-3-7-11(13-9-4-2)12-8-5-6-10-14-12/h3,8,11,13H,1,4-7,9-10H2,2H3. The van der Waals surface area contributed by atoms with Gasteiger partial charge in [-0.1, -0.05) is 13.0 Å². The van der Waals surface area contributed by atoms with Gasteiger partial charge in [0.2, 0.25) is 0 Å². The average molecular weight is 195 g/mol. The molecule has 2 nitrogen and oxygen atoms in total. The Morgan fingerprint density at radius 3 is 3.14 bits per heavy atom. The van der Waals surface area contributed by atoms with Crippen LogP contribution in [0.25, 0.3) is 0 Å². The van der Waals surface area contributed by atoms with Gasteiger partial charge in [0.25, 0.3) is 0 Å². The summed E-state index contributed by atoms with van der Waals surface area (Å²) in [5, 5.41) is 3.48. The van der Waals surface area contributed by atoms with Gasteiger partial charge in [-0.2, -0.15) is 0 Å². The Hall–Kier alpha value is -0.760. The SMILES string of the molecule is C=CCC(NCCC)C1=CCCCO1. The molecule has 1 heterocycles. The van der Waals surface area contributed by atoms with Crippen LogP contribution in [-0.4, -0.2) is 19.2 Å². The van der Waals surface area contributed by atoms with Crippen LogP contribution in [0.15, 0.2) is 24.5 Å². The van der Waals surface area contributed by atoms with E-state index in [4.69, 9.17) is 4.74 Å². The van der Waals surface area contributed by atoms with Gasteiger partial charge in [-0.3, -0.25) is 0 Å². The predicted octanol–water partition coefficient (Wildman–Crippen LogP) is 2.63. The molecule has 1 N–H and O–H groups in total. The molecule has 0 saturated carbocycles. The molecule has 0 aromatic heterocycles. The zero-order valence-corrected chi connectivity index (χ0v) is 9.09. The molecule has 0 bridgehead atoms. The summed E-state index contributed by atoms with van der Waals surface area (Å²) >= 11 is 0. The van der Waals surface area contributed by atoms with E-state index < -0.39 is 0 Å². The minimum atomic E-state index is 0.341. The van der Waals surface area contributed by atoms with Gasteiger partial charge >= 0.3 is 0 Å². The highest BCUT2D eigenvalue weighted by Gasteiger charge is 2.15. The first-order valence-electron chi connectivity index (χ1n) is 5.55. The molecular formula is C12H21NO. The van der Waals surface area contributed by atoms with E-state index in [1.807, 2.05) is 6.08 Å². The van der Waals surface area contributed by atoms with Gasteiger partial charge in [0.15, 0.2) is 0 Å². The van der Waals surface area contributed by atoms with Crippen LogP contribution in [0.5, 0.6) is 0 Å². The van der Waals surface area contributed by atoms with Crippen LogP contribution in [-0.2, 0) is 4.74 Å². The molecule has 1 aliphatic rings. The molecule has 80 valence electrons. The van der Waals surface area contributed by atoms with Gasteiger partial charge in [0.1, 0.15) is 5.76 Å². The maximum atomic E-state index is 5.64. The molecule has 0 fully saturated rings. The second-order valence-corrected chi connectivity index (χ2v) is 3.63. The molecule has 0 aromatic carbocycles. The molecule has 1 unspecified atom stereocenters. The Morgan fingerprint density at radius 1 is 1.71 bits per heavy atom. The van der Waals surface area contributed by atoms with Crippen molar-refractivity contribution in [2.75, 3.05) is 13.2 Å². The van der Waals surface area contributed by atoms with E-state index in [2.05, 4.69) is 24.9 Å². The van der Waals surface area contributed by atoms with E-state index in [-0.39, 0.29) is 0 Å². The van der Waals surface area contributed by atoms with Crippen molar-refractivity contribution in [3.63, 3.8) is 0 Å². The summed E-state index contributed by atoms with van der Waals surface area (Å²) in [7, 11) is 0. The topological polar surface area (TPSA) is 21.3 Å². The number of rotatable bonds is 6. The van der Waals surface area contributed by atoms with Crippen LogP contribution in [0.3, 0.4) is 0 Å². The highest BCUT2D eigenvalue weighted by molar-refractivity contribution is 5.07. The molecule has 0 amide bonds. The largest absolute Gasteiger partial charge is 0.497 e. The molecule has 1 rings (SSSR count). The summed E-state index contributed by atoms with van der Waals surface area (Å²) in [6.45, 7) is 7.86. The van der Waals surface area contributed by atoms with E-state index in [1.165, 1.54) is 0 Å². The van der Waals surface area contributed by atoms with Crippen molar-refractivity contribution >= 4 is 0 Å². The lowest BCUT2D eigenvalue weighted by Crippen LogP contribution is -2.33. The average Bonchev–Trinajstić information content (AvgIpc) is 2.25. The predicted molar refractivity (Wildman–Crippen MR) is 60.2 cm³/mol. The highest BCUT2D eigenvalue weighted by Crippen LogP contribution is 2.16. The fraction of sp³-hybridized carbons (Fsp3) is 0.667.